The number of hydrogen-bond donors (Lipinski definition) is 2. The second-order valence-corrected chi connectivity index (χ2v) is 8.90. The van der Waals surface area contributed by atoms with Gasteiger partial charge in [-0.05, 0) is 62.9 Å². The van der Waals surface area contributed by atoms with E-state index in [0.717, 1.165) is 12.8 Å². The maximum Gasteiger partial charge on any atom is 0.258 e. The highest BCUT2D eigenvalue weighted by molar-refractivity contribution is 7.89. The van der Waals surface area contributed by atoms with Crippen LogP contribution in [0, 0.1) is 0 Å². The van der Waals surface area contributed by atoms with Crippen LogP contribution >= 0.6 is 0 Å². The number of sulfonamides is 1. The topological polar surface area (TPSA) is 84.5 Å². The van der Waals surface area contributed by atoms with Gasteiger partial charge in [0, 0.05) is 12.1 Å². The zero-order chi connectivity index (χ0) is 21.3. The Kier molecular flexibility index (Phi) is 8.67. The van der Waals surface area contributed by atoms with Gasteiger partial charge in [-0.2, -0.15) is 0 Å². The average Bonchev–Trinajstić information content (AvgIpc) is 2.71. The van der Waals surface area contributed by atoms with E-state index in [4.69, 9.17) is 4.74 Å². The predicted molar refractivity (Wildman–Crippen MR) is 114 cm³/mol. The molecule has 0 aliphatic rings. The first-order valence-corrected chi connectivity index (χ1v) is 11.4. The Labute approximate surface area is 173 Å². The SMILES string of the molecule is CC[C@H](C)NS(=O)(=O)c1ccc(OCC(=O)N[C@H](C)CCc2ccccc2)cc1. The summed E-state index contributed by atoms with van der Waals surface area (Å²) in [6.45, 7) is 5.57. The third-order valence-corrected chi connectivity index (χ3v) is 6.19. The molecule has 1 amide bonds. The molecule has 0 aromatic heterocycles. The summed E-state index contributed by atoms with van der Waals surface area (Å²) < 4.78 is 32.6. The third kappa shape index (κ3) is 7.87. The molecule has 29 heavy (non-hydrogen) atoms. The zero-order valence-electron chi connectivity index (χ0n) is 17.2. The van der Waals surface area contributed by atoms with Crippen molar-refractivity contribution in [2.45, 2.75) is 57.0 Å². The summed E-state index contributed by atoms with van der Waals surface area (Å²) >= 11 is 0. The molecule has 0 unspecified atom stereocenters. The Bertz CT molecular complexity index is 867. The summed E-state index contributed by atoms with van der Waals surface area (Å²) in [6, 6.07) is 16.1. The van der Waals surface area contributed by atoms with E-state index in [1.54, 1.807) is 12.1 Å². The van der Waals surface area contributed by atoms with Gasteiger partial charge in [0.2, 0.25) is 10.0 Å². The van der Waals surface area contributed by atoms with Crippen molar-refractivity contribution >= 4 is 15.9 Å². The number of benzene rings is 2. The van der Waals surface area contributed by atoms with E-state index < -0.39 is 10.0 Å². The molecule has 2 atom stereocenters. The Hall–Kier alpha value is -2.38. The largest absolute Gasteiger partial charge is 0.484 e. The number of aryl methyl sites for hydroxylation is 1. The van der Waals surface area contributed by atoms with E-state index >= 15 is 0 Å². The highest BCUT2D eigenvalue weighted by Gasteiger charge is 2.16. The molecular weight excluding hydrogens is 388 g/mol. The second kappa shape index (κ2) is 11.0. The average molecular weight is 419 g/mol. The molecule has 0 aliphatic heterocycles. The van der Waals surface area contributed by atoms with Gasteiger partial charge >= 0.3 is 0 Å². The normalized spacial score (nSPS) is 13.5. The number of rotatable bonds is 11. The van der Waals surface area contributed by atoms with Crippen molar-refractivity contribution < 1.29 is 17.9 Å². The summed E-state index contributed by atoms with van der Waals surface area (Å²) in [7, 11) is -3.55. The fourth-order valence-corrected chi connectivity index (χ4v) is 4.02. The molecule has 2 N–H and O–H groups in total. The molecular formula is C22H30N2O4S. The van der Waals surface area contributed by atoms with Crippen LogP contribution in [0.5, 0.6) is 5.75 Å². The molecule has 0 saturated carbocycles. The molecule has 158 valence electrons. The third-order valence-electron chi connectivity index (χ3n) is 4.59. The van der Waals surface area contributed by atoms with Crippen molar-refractivity contribution in [3.8, 4) is 5.75 Å². The molecule has 2 aromatic rings. The molecule has 2 aromatic carbocycles. The lowest BCUT2D eigenvalue weighted by molar-refractivity contribution is -0.123. The van der Waals surface area contributed by atoms with Gasteiger partial charge in [-0.1, -0.05) is 37.3 Å². The van der Waals surface area contributed by atoms with Gasteiger partial charge in [0.25, 0.3) is 5.91 Å². The lowest BCUT2D eigenvalue weighted by atomic mass is 10.1. The maximum atomic E-state index is 12.2. The smallest absolute Gasteiger partial charge is 0.258 e. The van der Waals surface area contributed by atoms with Crippen LogP contribution in [0.1, 0.15) is 39.2 Å². The van der Waals surface area contributed by atoms with Crippen LogP contribution in [-0.4, -0.2) is 33.0 Å². The Balaban J connectivity index is 1.78. The Morgan fingerprint density at radius 1 is 1.00 bits per heavy atom. The van der Waals surface area contributed by atoms with Crippen molar-refractivity contribution in [1.82, 2.24) is 10.0 Å². The summed E-state index contributed by atoms with van der Waals surface area (Å²) in [6.07, 6.45) is 2.44. The van der Waals surface area contributed by atoms with Crippen molar-refractivity contribution in [3.05, 3.63) is 60.2 Å². The van der Waals surface area contributed by atoms with E-state index in [-0.39, 0.29) is 29.5 Å². The number of nitrogens with one attached hydrogen (secondary N) is 2. The van der Waals surface area contributed by atoms with Gasteiger partial charge in [-0.25, -0.2) is 13.1 Å². The van der Waals surface area contributed by atoms with Gasteiger partial charge in [-0.3, -0.25) is 4.79 Å². The van der Waals surface area contributed by atoms with Crippen molar-refractivity contribution in [1.29, 1.82) is 0 Å². The lowest BCUT2D eigenvalue weighted by Gasteiger charge is -2.15. The van der Waals surface area contributed by atoms with Crippen LogP contribution in [0.2, 0.25) is 0 Å². The van der Waals surface area contributed by atoms with E-state index in [1.807, 2.05) is 39.0 Å². The van der Waals surface area contributed by atoms with Crippen molar-refractivity contribution in [3.63, 3.8) is 0 Å². The summed E-state index contributed by atoms with van der Waals surface area (Å²) in [5.41, 5.74) is 1.24. The first-order chi connectivity index (χ1) is 13.8. The standard InChI is InChI=1S/C22H30N2O4S/c1-4-17(2)24-29(26,27)21-14-12-20(13-15-21)28-16-22(25)23-18(3)10-11-19-8-6-5-7-9-19/h5-9,12-15,17-18,24H,4,10-11,16H2,1-3H3,(H,23,25)/t17-,18+/m0/s1. The molecule has 0 spiro atoms. The molecule has 6 nitrogen and oxygen atoms in total. The minimum absolute atomic E-state index is 0.0328. The quantitative estimate of drug-likeness (QED) is 0.587. The van der Waals surface area contributed by atoms with Gasteiger partial charge in [-0.15, -0.1) is 0 Å². The minimum atomic E-state index is -3.55. The predicted octanol–water partition coefficient (Wildman–Crippen LogP) is 3.28. The van der Waals surface area contributed by atoms with Gasteiger partial charge in [0.05, 0.1) is 4.90 Å². The fourth-order valence-electron chi connectivity index (χ4n) is 2.70. The zero-order valence-corrected chi connectivity index (χ0v) is 18.0. The number of carbonyl (C=O) groups excluding carboxylic acids is 1. The molecule has 0 aliphatic carbocycles. The molecule has 0 saturated heterocycles. The van der Waals surface area contributed by atoms with E-state index in [9.17, 15) is 13.2 Å². The van der Waals surface area contributed by atoms with Gasteiger partial charge in [0.1, 0.15) is 5.75 Å². The maximum absolute atomic E-state index is 12.2. The van der Waals surface area contributed by atoms with Crippen LogP contribution in [0.15, 0.2) is 59.5 Å². The van der Waals surface area contributed by atoms with Crippen molar-refractivity contribution in [2.24, 2.45) is 0 Å². The Morgan fingerprint density at radius 2 is 1.66 bits per heavy atom. The van der Waals surface area contributed by atoms with Crippen LogP contribution in [0.4, 0.5) is 0 Å². The van der Waals surface area contributed by atoms with Crippen LogP contribution in [0.3, 0.4) is 0 Å². The minimum Gasteiger partial charge on any atom is -0.484 e. The van der Waals surface area contributed by atoms with Crippen LogP contribution in [0.25, 0.3) is 0 Å². The number of carbonyl (C=O) groups is 1. The molecule has 0 heterocycles. The lowest BCUT2D eigenvalue weighted by Crippen LogP contribution is -2.36. The highest BCUT2D eigenvalue weighted by Crippen LogP contribution is 2.16. The second-order valence-electron chi connectivity index (χ2n) is 7.18. The van der Waals surface area contributed by atoms with Gasteiger partial charge in [0.15, 0.2) is 6.61 Å². The molecule has 0 fully saturated rings. The number of ether oxygens (including phenoxy) is 1. The number of hydrogen-bond acceptors (Lipinski definition) is 4. The van der Waals surface area contributed by atoms with Crippen molar-refractivity contribution in [2.75, 3.05) is 6.61 Å². The molecule has 0 bridgehead atoms. The fraction of sp³-hybridized carbons (Fsp3) is 0.409. The molecule has 2 rings (SSSR count). The van der Waals surface area contributed by atoms with Gasteiger partial charge < -0.3 is 10.1 Å². The molecule has 7 heteroatoms. The first-order valence-electron chi connectivity index (χ1n) is 9.88. The van der Waals surface area contributed by atoms with E-state index in [1.165, 1.54) is 17.7 Å². The Morgan fingerprint density at radius 3 is 2.28 bits per heavy atom. The van der Waals surface area contributed by atoms with E-state index in [2.05, 4.69) is 22.2 Å². The summed E-state index contributed by atoms with van der Waals surface area (Å²) in [5.74, 6) is 0.236. The molecule has 0 radical (unpaired) electrons. The highest BCUT2D eigenvalue weighted by atomic mass is 32.2. The van der Waals surface area contributed by atoms with E-state index in [0.29, 0.717) is 12.2 Å². The summed E-state index contributed by atoms with van der Waals surface area (Å²) in [5, 5.41) is 2.91. The van der Waals surface area contributed by atoms with Crippen LogP contribution in [-0.2, 0) is 21.2 Å². The van der Waals surface area contributed by atoms with Crippen LogP contribution < -0.4 is 14.8 Å². The summed E-state index contributed by atoms with van der Waals surface area (Å²) in [4.78, 5) is 12.2. The monoisotopic (exact) mass is 418 g/mol. The number of amides is 1. The first kappa shape index (κ1) is 22.9.